The van der Waals surface area contributed by atoms with Gasteiger partial charge in [0.15, 0.2) is 0 Å². The maximum absolute atomic E-state index is 9.48. The van der Waals surface area contributed by atoms with E-state index in [-0.39, 0.29) is 12.0 Å². The lowest BCUT2D eigenvalue weighted by molar-refractivity contribution is 0.135. The normalized spacial score (nSPS) is 23.4. The average molecular weight is 262 g/mol. The summed E-state index contributed by atoms with van der Waals surface area (Å²) in [5.41, 5.74) is 1.46. The predicted octanol–water partition coefficient (Wildman–Crippen LogP) is 1.62. The van der Waals surface area contributed by atoms with E-state index in [4.69, 9.17) is 0 Å². The molecule has 0 bridgehead atoms. The lowest BCUT2D eigenvalue weighted by atomic mass is 9.81. The molecule has 3 nitrogen and oxygen atoms in total. The molecule has 1 saturated heterocycles. The Labute approximate surface area is 116 Å². The smallest absolute Gasteiger partial charge is 0.0586 e. The zero-order valence-corrected chi connectivity index (χ0v) is 12.1. The molecule has 0 saturated carbocycles. The second kappa shape index (κ2) is 6.51. The van der Waals surface area contributed by atoms with Crippen LogP contribution in [0.2, 0.25) is 0 Å². The van der Waals surface area contributed by atoms with Crippen LogP contribution >= 0.6 is 0 Å². The molecule has 1 aliphatic rings. The van der Waals surface area contributed by atoms with E-state index in [0.717, 1.165) is 26.1 Å². The fraction of sp³-hybridized carbons (Fsp3) is 0.625. The van der Waals surface area contributed by atoms with Crippen LogP contribution in [0.1, 0.15) is 25.3 Å². The molecule has 0 aliphatic carbocycles. The van der Waals surface area contributed by atoms with Gasteiger partial charge < -0.3 is 10.4 Å². The Hall–Kier alpha value is -0.900. The van der Waals surface area contributed by atoms with Crippen molar-refractivity contribution in [3.8, 4) is 0 Å². The van der Waals surface area contributed by atoms with Crippen LogP contribution in [0.5, 0.6) is 0 Å². The third-order valence-corrected chi connectivity index (χ3v) is 4.30. The molecule has 19 heavy (non-hydrogen) atoms. The van der Waals surface area contributed by atoms with E-state index >= 15 is 0 Å². The molecule has 0 aromatic heterocycles. The van der Waals surface area contributed by atoms with Crippen LogP contribution in [0.3, 0.4) is 0 Å². The minimum Gasteiger partial charge on any atom is -0.395 e. The molecule has 1 heterocycles. The third-order valence-electron chi connectivity index (χ3n) is 4.30. The van der Waals surface area contributed by atoms with Crippen LogP contribution < -0.4 is 5.32 Å². The summed E-state index contributed by atoms with van der Waals surface area (Å²) in [6, 6.07) is 11.0. The van der Waals surface area contributed by atoms with Crippen LogP contribution in [-0.2, 0) is 5.41 Å². The van der Waals surface area contributed by atoms with Gasteiger partial charge in [-0.3, -0.25) is 4.90 Å². The summed E-state index contributed by atoms with van der Waals surface area (Å²) in [4.78, 5) is 2.45. The maximum Gasteiger partial charge on any atom is 0.0586 e. The molecule has 0 amide bonds. The van der Waals surface area contributed by atoms with Gasteiger partial charge in [0.2, 0.25) is 0 Å². The van der Waals surface area contributed by atoms with Crippen molar-refractivity contribution in [2.45, 2.75) is 31.2 Å². The van der Waals surface area contributed by atoms with Crippen LogP contribution in [0, 0.1) is 0 Å². The molecule has 1 fully saturated rings. The van der Waals surface area contributed by atoms with Gasteiger partial charge in [-0.2, -0.15) is 0 Å². The standard InChI is InChI=1S/C16H26N2O/c1-16(12-17-2,14-7-4-3-5-8-14)13-18-10-6-9-15(18)11-19/h3-5,7-8,15,17,19H,6,9-13H2,1-2H3. The summed E-state index contributed by atoms with van der Waals surface area (Å²) in [6.45, 7) is 5.65. The van der Waals surface area contributed by atoms with Crippen molar-refractivity contribution in [2.24, 2.45) is 0 Å². The molecule has 2 rings (SSSR count). The molecule has 1 aliphatic heterocycles. The van der Waals surface area contributed by atoms with Crippen molar-refractivity contribution in [3.63, 3.8) is 0 Å². The molecule has 1 aromatic carbocycles. The first-order valence-corrected chi connectivity index (χ1v) is 7.24. The molecule has 2 atom stereocenters. The Balaban J connectivity index is 2.15. The fourth-order valence-electron chi connectivity index (χ4n) is 3.24. The Bertz CT molecular complexity index is 382. The van der Waals surface area contributed by atoms with Gasteiger partial charge in [0.05, 0.1) is 6.61 Å². The summed E-state index contributed by atoms with van der Waals surface area (Å²) >= 11 is 0. The van der Waals surface area contributed by atoms with Gasteiger partial charge >= 0.3 is 0 Å². The Kier molecular flexibility index (Phi) is 4.97. The fourth-order valence-corrected chi connectivity index (χ4v) is 3.24. The Morgan fingerprint density at radius 2 is 2.11 bits per heavy atom. The minimum atomic E-state index is 0.0910. The largest absolute Gasteiger partial charge is 0.395 e. The zero-order chi connectivity index (χ0) is 13.7. The number of rotatable bonds is 6. The van der Waals surface area contributed by atoms with Crippen LogP contribution in [0.15, 0.2) is 30.3 Å². The van der Waals surface area contributed by atoms with E-state index in [1.54, 1.807) is 0 Å². The molecule has 106 valence electrons. The predicted molar refractivity (Wildman–Crippen MR) is 79.4 cm³/mol. The number of benzene rings is 1. The number of hydrogen-bond donors (Lipinski definition) is 2. The number of aliphatic hydroxyl groups is 1. The molecule has 2 unspecified atom stereocenters. The first kappa shape index (κ1) is 14.5. The van der Waals surface area contributed by atoms with Crippen LogP contribution in [0.25, 0.3) is 0 Å². The monoisotopic (exact) mass is 262 g/mol. The number of nitrogens with zero attached hydrogens (tertiary/aromatic N) is 1. The Morgan fingerprint density at radius 3 is 2.74 bits per heavy atom. The summed E-state index contributed by atoms with van der Waals surface area (Å²) in [5, 5.41) is 12.8. The van der Waals surface area contributed by atoms with E-state index in [0.29, 0.717) is 6.04 Å². The van der Waals surface area contributed by atoms with E-state index in [2.05, 4.69) is 47.5 Å². The topological polar surface area (TPSA) is 35.5 Å². The highest BCUT2D eigenvalue weighted by Gasteiger charge is 2.33. The van der Waals surface area contributed by atoms with Gasteiger partial charge in [-0.25, -0.2) is 0 Å². The second-order valence-electron chi connectivity index (χ2n) is 5.91. The molecule has 0 spiro atoms. The maximum atomic E-state index is 9.48. The quantitative estimate of drug-likeness (QED) is 0.818. The van der Waals surface area contributed by atoms with Crippen molar-refractivity contribution in [3.05, 3.63) is 35.9 Å². The van der Waals surface area contributed by atoms with Crippen molar-refractivity contribution in [1.29, 1.82) is 0 Å². The van der Waals surface area contributed by atoms with Gasteiger partial charge in [-0.05, 0) is 32.0 Å². The summed E-state index contributed by atoms with van der Waals surface area (Å²) < 4.78 is 0. The van der Waals surface area contributed by atoms with Crippen molar-refractivity contribution in [1.82, 2.24) is 10.2 Å². The lowest BCUT2D eigenvalue weighted by Gasteiger charge is -2.36. The number of likely N-dealkylation sites (tertiary alicyclic amines) is 1. The van der Waals surface area contributed by atoms with Crippen LogP contribution in [0.4, 0.5) is 0 Å². The summed E-state index contributed by atoms with van der Waals surface area (Å²) in [5.74, 6) is 0. The van der Waals surface area contributed by atoms with Crippen molar-refractivity contribution >= 4 is 0 Å². The molecule has 2 N–H and O–H groups in total. The summed E-state index contributed by atoms with van der Waals surface area (Å²) in [6.07, 6.45) is 2.33. The highest BCUT2D eigenvalue weighted by atomic mass is 16.3. The highest BCUT2D eigenvalue weighted by Crippen LogP contribution is 2.28. The third kappa shape index (κ3) is 3.35. The highest BCUT2D eigenvalue weighted by molar-refractivity contribution is 5.25. The van der Waals surface area contributed by atoms with Gasteiger partial charge in [0.1, 0.15) is 0 Å². The first-order chi connectivity index (χ1) is 9.19. The minimum absolute atomic E-state index is 0.0910. The second-order valence-corrected chi connectivity index (χ2v) is 5.91. The number of nitrogens with one attached hydrogen (secondary N) is 1. The van der Waals surface area contributed by atoms with E-state index in [1.165, 1.54) is 12.0 Å². The number of aliphatic hydroxyl groups excluding tert-OH is 1. The van der Waals surface area contributed by atoms with Gasteiger partial charge in [-0.1, -0.05) is 37.3 Å². The molecular weight excluding hydrogens is 236 g/mol. The first-order valence-electron chi connectivity index (χ1n) is 7.24. The molecule has 3 heteroatoms. The van der Waals surface area contributed by atoms with E-state index < -0.39 is 0 Å². The number of hydrogen-bond acceptors (Lipinski definition) is 3. The van der Waals surface area contributed by atoms with Crippen LogP contribution in [-0.4, -0.2) is 49.3 Å². The van der Waals surface area contributed by atoms with Crippen molar-refractivity contribution < 1.29 is 5.11 Å². The van der Waals surface area contributed by atoms with Gasteiger partial charge in [0, 0.05) is 24.5 Å². The molecular formula is C16H26N2O. The van der Waals surface area contributed by atoms with Gasteiger partial charge in [0.25, 0.3) is 0 Å². The van der Waals surface area contributed by atoms with E-state index in [9.17, 15) is 5.11 Å². The van der Waals surface area contributed by atoms with Crippen molar-refractivity contribution in [2.75, 3.05) is 33.3 Å². The average Bonchev–Trinajstić information content (AvgIpc) is 2.87. The zero-order valence-electron chi connectivity index (χ0n) is 12.1. The molecule has 1 aromatic rings. The SMILES string of the molecule is CNCC(C)(CN1CCCC1CO)c1ccccc1. The lowest BCUT2D eigenvalue weighted by Crippen LogP contribution is -2.47. The molecule has 0 radical (unpaired) electrons. The van der Waals surface area contributed by atoms with Gasteiger partial charge in [-0.15, -0.1) is 0 Å². The van der Waals surface area contributed by atoms with E-state index in [1.807, 2.05) is 7.05 Å². The number of likely N-dealkylation sites (N-methyl/N-ethyl adjacent to an activating group) is 1. The summed E-state index contributed by atoms with van der Waals surface area (Å²) in [7, 11) is 2.01. The Morgan fingerprint density at radius 1 is 1.37 bits per heavy atom.